The third-order valence-electron chi connectivity index (χ3n) is 3.03. The molecule has 9 heteroatoms. The highest BCUT2D eigenvalue weighted by atomic mass is 127. The Kier molecular flexibility index (Phi) is 11.8. The van der Waals surface area contributed by atoms with E-state index in [0.29, 0.717) is 24.6 Å². The van der Waals surface area contributed by atoms with E-state index in [1.807, 2.05) is 13.8 Å². The van der Waals surface area contributed by atoms with Gasteiger partial charge in [0.05, 0.1) is 20.1 Å². The minimum absolute atomic E-state index is 0. The van der Waals surface area contributed by atoms with Crippen molar-refractivity contribution in [2.45, 2.75) is 33.4 Å². The van der Waals surface area contributed by atoms with Gasteiger partial charge >= 0.3 is 12.6 Å². The van der Waals surface area contributed by atoms with Gasteiger partial charge in [0.15, 0.2) is 5.96 Å². The highest BCUT2D eigenvalue weighted by Gasteiger charge is 2.10. The van der Waals surface area contributed by atoms with Gasteiger partial charge in [0, 0.05) is 18.7 Å². The Balaban J connectivity index is 0.00000576. The summed E-state index contributed by atoms with van der Waals surface area (Å²) in [6, 6.07) is 4.95. The van der Waals surface area contributed by atoms with E-state index < -0.39 is 6.61 Å². The second kappa shape index (κ2) is 12.7. The van der Waals surface area contributed by atoms with Crippen molar-refractivity contribution in [1.82, 2.24) is 10.6 Å². The van der Waals surface area contributed by atoms with Gasteiger partial charge in [-0.05, 0) is 19.9 Å². The molecule has 0 spiro atoms. The third-order valence-corrected chi connectivity index (χ3v) is 3.03. The second-order valence-corrected chi connectivity index (χ2v) is 4.94. The van der Waals surface area contributed by atoms with Crippen molar-refractivity contribution in [3.8, 4) is 5.75 Å². The van der Waals surface area contributed by atoms with Gasteiger partial charge in [-0.3, -0.25) is 4.79 Å². The zero-order valence-electron chi connectivity index (χ0n) is 14.5. The Morgan fingerprint density at radius 1 is 1.32 bits per heavy atom. The van der Waals surface area contributed by atoms with Gasteiger partial charge in [-0.1, -0.05) is 17.7 Å². The molecule has 0 saturated carbocycles. The number of esters is 1. The summed E-state index contributed by atoms with van der Waals surface area (Å²) in [5, 5.41) is 6.00. The minimum atomic E-state index is -2.89. The molecule has 0 saturated heterocycles. The van der Waals surface area contributed by atoms with Crippen LogP contribution in [0.1, 0.15) is 24.5 Å². The first kappa shape index (κ1) is 23.4. The van der Waals surface area contributed by atoms with E-state index in [9.17, 15) is 13.6 Å². The van der Waals surface area contributed by atoms with Crippen LogP contribution in [-0.2, 0) is 16.1 Å². The smallest absolute Gasteiger partial charge is 0.387 e. The maximum absolute atomic E-state index is 12.5. The predicted molar refractivity (Wildman–Crippen MR) is 103 cm³/mol. The number of carbonyl (C=O) groups is 1. The van der Waals surface area contributed by atoms with Crippen molar-refractivity contribution in [2.75, 3.05) is 20.2 Å². The van der Waals surface area contributed by atoms with Crippen molar-refractivity contribution in [3.63, 3.8) is 0 Å². The molecule has 0 radical (unpaired) electrons. The van der Waals surface area contributed by atoms with Crippen LogP contribution in [0, 0.1) is 6.92 Å². The Hall–Kier alpha value is -1.65. The summed E-state index contributed by atoms with van der Waals surface area (Å²) in [5.41, 5.74) is 1.48. The van der Waals surface area contributed by atoms with Gasteiger partial charge in [0.25, 0.3) is 0 Å². The number of guanidine groups is 1. The minimum Gasteiger partial charge on any atom is -0.469 e. The summed E-state index contributed by atoms with van der Waals surface area (Å²) in [5.74, 6) is 0.250. The van der Waals surface area contributed by atoms with Crippen LogP contribution in [0.25, 0.3) is 0 Å². The van der Waals surface area contributed by atoms with Gasteiger partial charge in [-0.15, -0.1) is 24.0 Å². The van der Waals surface area contributed by atoms with Crippen LogP contribution in [0.5, 0.6) is 5.75 Å². The predicted octanol–water partition coefficient (Wildman–Crippen LogP) is 2.83. The number of hydrogen-bond acceptors (Lipinski definition) is 4. The lowest BCUT2D eigenvalue weighted by atomic mass is 10.1. The molecule has 0 aliphatic heterocycles. The molecule has 6 nitrogen and oxygen atoms in total. The number of nitrogens with one attached hydrogen (secondary N) is 2. The Morgan fingerprint density at radius 3 is 2.64 bits per heavy atom. The fourth-order valence-corrected chi connectivity index (χ4v) is 1.93. The Morgan fingerprint density at radius 2 is 2.04 bits per heavy atom. The lowest BCUT2D eigenvalue weighted by Crippen LogP contribution is -2.38. The second-order valence-electron chi connectivity index (χ2n) is 4.94. The first-order valence-corrected chi connectivity index (χ1v) is 7.59. The van der Waals surface area contributed by atoms with Crippen LogP contribution in [0.2, 0.25) is 0 Å². The van der Waals surface area contributed by atoms with E-state index in [2.05, 4.69) is 25.1 Å². The zero-order chi connectivity index (χ0) is 17.9. The molecule has 0 fully saturated rings. The van der Waals surface area contributed by atoms with Crippen molar-refractivity contribution >= 4 is 35.9 Å². The van der Waals surface area contributed by atoms with E-state index in [1.165, 1.54) is 13.2 Å². The maximum Gasteiger partial charge on any atom is 0.387 e. The molecule has 0 aromatic heterocycles. The Bertz CT molecular complexity index is 572. The maximum atomic E-state index is 12.5. The van der Waals surface area contributed by atoms with E-state index in [1.54, 1.807) is 12.1 Å². The summed E-state index contributed by atoms with van der Waals surface area (Å²) < 4.78 is 34.0. The van der Waals surface area contributed by atoms with Crippen LogP contribution in [0.3, 0.4) is 0 Å². The van der Waals surface area contributed by atoms with Crippen LogP contribution in [0.4, 0.5) is 8.78 Å². The number of halogens is 3. The molecule has 1 aromatic carbocycles. The molecule has 1 aromatic rings. The van der Waals surface area contributed by atoms with E-state index in [0.717, 1.165) is 5.56 Å². The summed E-state index contributed by atoms with van der Waals surface area (Å²) in [6.45, 7) is 2.01. The van der Waals surface area contributed by atoms with Crippen molar-refractivity contribution in [1.29, 1.82) is 0 Å². The summed E-state index contributed by atoms with van der Waals surface area (Å²) in [6.07, 6.45) is 0.200. The van der Waals surface area contributed by atoms with E-state index in [-0.39, 0.29) is 48.7 Å². The van der Waals surface area contributed by atoms with E-state index in [4.69, 9.17) is 0 Å². The highest BCUT2D eigenvalue weighted by Crippen LogP contribution is 2.22. The molecule has 1 rings (SSSR count). The fourth-order valence-electron chi connectivity index (χ4n) is 1.93. The SMILES string of the molecule is CCNC(=NCc1cc(C)ccc1OC(F)F)NCCC(=O)OC.I. The number of aliphatic imine (C=N–C) groups is 1. The van der Waals surface area contributed by atoms with Crippen LogP contribution >= 0.6 is 24.0 Å². The molecule has 142 valence electrons. The van der Waals surface area contributed by atoms with Crippen molar-refractivity contribution < 1.29 is 23.0 Å². The standard InChI is InChI=1S/C16H23F2N3O3.HI/c1-4-19-16(20-8-7-14(22)23-3)21-10-12-9-11(2)5-6-13(12)24-15(17)18;/h5-6,9,15H,4,7-8,10H2,1-3H3,(H2,19,20,21);1H. The van der Waals surface area contributed by atoms with E-state index >= 15 is 0 Å². The number of benzene rings is 1. The number of hydrogen-bond donors (Lipinski definition) is 2. The monoisotopic (exact) mass is 471 g/mol. The average Bonchev–Trinajstić information content (AvgIpc) is 2.54. The highest BCUT2D eigenvalue weighted by molar-refractivity contribution is 14.0. The van der Waals surface area contributed by atoms with Gasteiger partial charge in [0.2, 0.25) is 0 Å². The molecule has 0 heterocycles. The molecule has 2 N–H and O–H groups in total. The average molecular weight is 471 g/mol. The molecular formula is C16H24F2IN3O3. The number of ether oxygens (including phenoxy) is 2. The number of nitrogens with zero attached hydrogens (tertiary/aromatic N) is 1. The molecular weight excluding hydrogens is 447 g/mol. The summed E-state index contributed by atoms with van der Waals surface area (Å²) in [7, 11) is 1.32. The molecule has 0 unspecified atom stereocenters. The molecule has 0 amide bonds. The lowest BCUT2D eigenvalue weighted by Gasteiger charge is -2.13. The topological polar surface area (TPSA) is 72.0 Å². The molecule has 0 atom stereocenters. The first-order chi connectivity index (χ1) is 11.5. The fraction of sp³-hybridized carbons (Fsp3) is 0.500. The van der Waals surface area contributed by atoms with Crippen molar-refractivity contribution in [2.24, 2.45) is 4.99 Å². The van der Waals surface area contributed by atoms with Crippen molar-refractivity contribution in [3.05, 3.63) is 29.3 Å². The molecule has 25 heavy (non-hydrogen) atoms. The Labute approximate surface area is 163 Å². The zero-order valence-corrected chi connectivity index (χ0v) is 16.8. The normalized spacial score (nSPS) is 10.9. The van der Waals surface area contributed by atoms with Gasteiger partial charge in [0.1, 0.15) is 5.75 Å². The largest absolute Gasteiger partial charge is 0.469 e. The van der Waals surface area contributed by atoms with Gasteiger partial charge < -0.3 is 20.1 Å². The van der Waals surface area contributed by atoms with Crippen LogP contribution in [0.15, 0.2) is 23.2 Å². The summed E-state index contributed by atoms with van der Waals surface area (Å²) in [4.78, 5) is 15.4. The van der Waals surface area contributed by atoms with Crippen LogP contribution < -0.4 is 15.4 Å². The number of methoxy groups -OCH3 is 1. The summed E-state index contributed by atoms with van der Waals surface area (Å²) >= 11 is 0. The number of aryl methyl sites for hydroxylation is 1. The third kappa shape index (κ3) is 9.42. The molecule has 0 aliphatic carbocycles. The van der Waals surface area contributed by atoms with Crippen LogP contribution in [-0.4, -0.2) is 38.7 Å². The van der Waals surface area contributed by atoms with Gasteiger partial charge in [-0.2, -0.15) is 8.78 Å². The van der Waals surface area contributed by atoms with Gasteiger partial charge in [-0.25, -0.2) is 4.99 Å². The quantitative estimate of drug-likeness (QED) is 0.264. The first-order valence-electron chi connectivity index (χ1n) is 7.59. The number of rotatable bonds is 8. The molecule has 0 aliphatic rings. The number of carbonyl (C=O) groups excluding carboxylic acids is 1. The number of alkyl halides is 2. The lowest BCUT2D eigenvalue weighted by molar-refractivity contribution is -0.140. The molecule has 0 bridgehead atoms.